The molecule has 14 nitrogen and oxygen atoms in total. The minimum absolute atomic E-state index is 0.0529. The molecule has 2 aliphatic heterocycles. The Balaban J connectivity index is 1.73. The van der Waals surface area contributed by atoms with Gasteiger partial charge in [0, 0.05) is 44.3 Å². The van der Waals surface area contributed by atoms with Gasteiger partial charge in [0.1, 0.15) is 47.5 Å². The van der Waals surface area contributed by atoms with E-state index in [1.807, 2.05) is 0 Å². The van der Waals surface area contributed by atoms with Crippen LogP contribution in [0.4, 0.5) is 0 Å². The first kappa shape index (κ1) is 49.5. The fraction of sp³-hybridized carbons (Fsp3) is 0.550. The monoisotopic (exact) mass is 948 g/mol. The van der Waals surface area contributed by atoms with Gasteiger partial charge in [0.2, 0.25) is 11.8 Å². The number of ether oxygens (including phenoxy) is 2. The Morgan fingerprint density at radius 2 is 1.22 bits per heavy atom. The molecule has 60 heavy (non-hydrogen) atoms. The highest BCUT2D eigenvalue weighted by Gasteiger charge is 2.54. The molecule has 2 amide bonds. The first-order valence-electron chi connectivity index (χ1n) is 18.7. The van der Waals surface area contributed by atoms with Gasteiger partial charge in [-0.05, 0) is 84.9 Å². The number of thioether (sulfide) groups is 2. The third kappa shape index (κ3) is 11.4. The van der Waals surface area contributed by atoms with Gasteiger partial charge in [-0.15, -0.1) is 23.5 Å². The SMILES string of the molecule is C[C@H](CSSC(COC(=O)C(C)(C)C)[C@@](C)(COC(=O)C(C)(C)C)C(=O)N1C(c2cc(Cl)ccc2O)SC[C@H]1C(=O)O)C(=O)N1C(c2cc(Cl)ccc2O)SC[C@H]1C(=O)O. The molecule has 0 bridgehead atoms. The summed E-state index contributed by atoms with van der Waals surface area (Å²) in [5.41, 5.74) is -3.29. The first-order chi connectivity index (χ1) is 27.8. The molecule has 2 fully saturated rings. The van der Waals surface area contributed by atoms with Crippen LogP contribution in [0.2, 0.25) is 10.0 Å². The molecular formula is C40H50Cl2N2O12S4. The first-order valence-corrected chi connectivity index (χ1v) is 24.0. The van der Waals surface area contributed by atoms with Crippen LogP contribution >= 0.6 is 68.3 Å². The van der Waals surface area contributed by atoms with Gasteiger partial charge in [0.15, 0.2) is 0 Å². The average molecular weight is 950 g/mol. The maximum absolute atomic E-state index is 15.2. The van der Waals surface area contributed by atoms with Crippen LogP contribution in [0.3, 0.4) is 0 Å². The number of aromatic hydroxyl groups is 2. The molecule has 2 aliphatic rings. The number of carbonyl (C=O) groups is 6. The molecule has 2 heterocycles. The topological polar surface area (TPSA) is 208 Å². The third-order valence-electron chi connectivity index (χ3n) is 9.79. The van der Waals surface area contributed by atoms with Crippen molar-refractivity contribution in [3.63, 3.8) is 0 Å². The van der Waals surface area contributed by atoms with Gasteiger partial charge in [-0.3, -0.25) is 19.2 Å². The second-order valence-electron chi connectivity index (χ2n) is 16.8. The Morgan fingerprint density at radius 1 is 0.767 bits per heavy atom. The van der Waals surface area contributed by atoms with Crippen LogP contribution in [0.1, 0.15) is 77.3 Å². The van der Waals surface area contributed by atoms with E-state index in [4.69, 9.17) is 32.7 Å². The number of carboxylic acids is 2. The Bertz CT molecular complexity index is 1980. The summed E-state index contributed by atoms with van der Waals surface area (Å²) in [6.45, 7) is 11.9. The van der Waals surface area contributed by atoms with Crippen molar-refractivity contribution in [2.24, 2.45) is 22.2 Å². The van der Waals surface area contributed by atoms with Crippen LogP contribution < -0.4 is 0 Å². The number of phenols is 2. The van der Waals surface area contributed by atoms with E-state index in [0.29, 0.717) is 0 Å². The number of phenolic OH excluding ortho intramolecular Hbond substituents is 2. The van der Waals surface area contributed by atoms with Gasteiger partial charge in [0.05, 0.1) is 21.5 Å². The molecule has 0 saturated carbocycles. The molecule has 0 spiro atoms. The van der Waals surface area contributed by atoms with Crippen molar-refractivity contribution in [2.75, 3.05) is 30.5 Å². The van der Waals surface area contributed by atoms with Crippen molar-refractivity contribution in [2.45, 2.75) is 83.5 Å². The number of rotatable bonds is 15. The second kappa shape index (κ2) is 19.9. The van der Waals surface area contributed by atoms with E-state index < -0.39 is 99.1 Å². The number of aliphatic carboxylic acids is 2. The molecular weight excluding hydrogens is 900 g/mol. The molecule has 0 radical (unpaired) electrons. The van der Waals surface area contributed by atoms with Crippen LogP contribution in [0, 0.1) is 22.2 Å². The number of esters is 2. The highest BCUT2D eigenvalue weighted by molar-refractivity contribution is 8.77. The highest BCUT2D eigenvalue weighted by atomic mass is 35.5. The molecule has 2 aromatic carbocycles. The van der Waals surface area contributed by atoms with Crippen LogP contribution in [0.5, 0.6) is 11.5 Å². The zero-order valence-electron chi connectivity index (χ0n) is 34.3. The lowest BCUT2D eigenvalue weighted by atomic mass is 9.84. The van der Waals surface area contributed by atoms with Gasteiger partial charge in [0.25, 0.3) is 0 Å². The van der Waals surface area contributed by atoms with E-state index in [0.717, 1.165) is 38.2 Å². The summed E-state index contributed by atoms with van der Waals surface area (Å²) in [4.78, 5) is 83.3. The summed E-state index contributed by atoms with van der Waals surface area (Å²) in [6.07, 6.45) is 0. The minimum atomic E-state index is -1.80. The predicted molar refractivity (Wildman–Crippen MR) is 235 cm³/mol. The molecule has 2 saturated heterocycles. The van der Waals surface area contributed by atoms with Crippen molar-refractivity contribution in [3.05, 3.63) is 57.6 Å². The smallest absolute Gasteiger partial charge is 0.327 e. The molecule has 3 unspecified atom stereocenters. The van der Waals surface area contributed by atoms with Gasteiger partial charge < -0.3 is 39.7 Å². The minimum Gasteiger partial charge on any atom is -0.508 e. The maximum Gasteiger partial charge on any atom is 0.327 e. The number of halogens is 2. The standard InChI is InChI=1S/C40H50Cl2N2O12S4/c1-20(30(47)43-25(33(48)49)17-57-31(43)23-13-21(41)9-11-27(23)45)16-59-60-29(15-55-36(53)38(2,3)4)40(8,19-56-37(54)39(5,6)7)35(52)44-26(34(50)51)18-58-32(44)24-14-22(42)10-12-28(24)46/h9-14,20,25-26,29,31-32,45-46H,15-19H2,1-8H3,(H,48,49)(H,50,51)/t20-,25+,26+,29?,31?,32?,40-/m1/s1. The second-order valence-corrected chi connectivity index (χ2v) is 22.5. The average Bonchev–Trinajstić information content (AvgIpc) is 3.81. The summed E-state index contributed by atoms with van der Waals surface area (Å²) in [7, 11) is 2.19. The number of benzene rings is 2. The van der Waals surface area contributed by atoms with Crippen LogP contribution in [-0.4, -0.2) is 114 Å². The summed E-state index contributed by atoms with van der Waals surface area (Å²) in [6, 6.07) is 5.95. The quantitative estimate of drug-likeness (QED) is 0.0995. The Hall–Kier alpha value is -3.16. The van der Waals surface area contributed by atoms with E-state index in [9.17, 15) is 44.4 Å². The van der Waals surface area contributed by atoms with E-state index in [-0.39, 0.29) is 49.9 Å². The summed E-state index contributed by atoms with van der Waals surface area (Å²) >= 11 is 14.8. The number of hydrogen-bond acceptors (Lipinski definition) is 14. The normalized spacial score (nSPS) is 21.5. The predicted octanol–water partition coefficient (Wildman–Crippen LogP) is 7.73. The Morgan fingerprint density at radius 3 is 1.68 bits per heavy atom. The number of carbonyl (C=O) groups excluding carboxylic acids is 4. The van der Waals surface area contributed by atoms with Crippen LogP contribution in [0.15, 0.2) is 36.4 Å². The number of hydrogen-bond donors (Lipinski definition) is 4. The Labute approximate surface area is 375 Å². The maximum atomic E-state index is 15.2. The Kier molecular flexibility index (Phi) is 16.4. The lowest BCUT2D eigenvalue weighted by molar-refractivity contribution is -0.166. The summed E-state index contributed by atoms with van der Waals surface area (Å²) in [5, 5.41) is 39.6. The van der Waals surface area contributed by atoms with Crippen molar-refractivity contribution in [1.82, 2.24) is 9.80 Å². The summed E-state index contributed by atoms with van der Waals surface area (Å²) < 4.78 is 11.6. The molecule has 0 aliphatic carbocycles. The number of amides is 2. The molecule has 4 rings (SSSR count). The van der Waals surface area contributed by atoms with E-state index in [1.165, 1.54) is 60.0 Å². The third-order valence-corrected chi connectivity index (χ3v) is 16.0. The molecule has 7 atom stereocenters. The molecule has 330 valence electrons. The number of carboxylic acid groups (broad SMARTS) is 2. The fourth-order valence-corrected chi connectivity index (χ4v) is 12.6. The molecule has 4 N–H and O–H groups in total. The van der Waals surface area contributed by atoms with Crippen LogP contribution in [0.25, 0.3) is 0 Å². The zero-order valence-corrected chi connectivity index (χ0v) is 39.1. The van der Waals surface area contributed by atoms with Gasteiger partial charge in [-0.25, -0.2) is 9.59 Å². The number of nitrogens with zero attached hydrogens (tertiary/aromatic N) is 2. The van der Waals surface area contributed by atoms with Crippen molar-refractivity contribution >= 4 is 104 Å². The molecule has 20 heteroatoms. The molecule has 0 aromatic heterocycles. The highest BCUT2D eigenvalue weighted by Crippen LogP contribution is 2.50. The largest absolute Gasteiger partial charge is 0.508 e. The van der Waals surface area contributed by atoms with Crippen LogP contribution in [-0.2, 0) is 38.2 Å². The van der Waals surface area contributed by atoms with Crippen molar-refractivity contribution in [1.29, 1.82) is 0 Å². The summed E-state index contributed by atoms with van der Waals surface area (Å²) in [5.74, 6) is -6.26. The van der Waals surface area contributed by atoms with Gasteiger partial charge in [-0.2, -0.15) is 0 Å². The lowest BCUT2D eigenvalue weighted by Gasteiger charge is -2.41. The van der Waals surface area contributed by atoms with E-state index >= 15 is 4.79 Å². The lowest BCUT2D eigenvalue weighted by Crippen LogP contribution is -2.55. The fourth-order valence-electron chi connectivity index (χ4n) is 6.09. The van der Waals surface area contributed by atoms with Gasteiger partial charge >= 0.3 is 23.9 Å². The van der Waals surface area contributed by atoms with E-state index in [1.54, 1.807) is 48.5 Å². The van der Waals surface area contributed by atoms with Crippen molar-refractivity contribution in [3.8, 4) is 11.5 Å². The molecule has 2 aromatic rings. The van der Waals surface area contributed by atoms with Crippen molar-refractivity contribution < 1.29 is 58.7 Å². The van der Waals surface area contributed by atoms with Gasteiger partial charge in [-0.1, -0.05) is 51.7 Å². The van der Waals surface area contributed by atoms with E-state index in [2.05, 4.69) is 0 Å². The zero-order chi connectivity index (χ0) is 45.1.